The smallest absolute Gasteiger partial charge is 0.197 e. The molecule has 16 heavy (non-hydrogen) atoms. The number of rotatable bonds is 3. The first-order valence-electron chi connectivity index (χ1n) is 5.53. The number of aromatic nitrogens is 1. The molecule has 0 radical (unpaired) electrons. The summed E-state index contributed by atoms with van der Waals surface area (Å²) in [6, 6.07) is 0. The second-order valence-electron chi connectivity index (χ2n) is 3.59. The molecule has 1 fully saturated rings. The van der Waals surface area contributed by atoms with Crippen molar-refractivity contribution < 1.29 is 4.74 Å². The molecule has 1 aromatic heterocycles. The van der Waals surface area contributed by atoms with Gasteiger partial charge in [-0.25, -0.2) is 0 Å². The van der Waals surface area contributed by atoms with Gasteiger partial charge in [-0.15, -0.1) is 0 Å². The molecule has 2 heterocycles. The number of nitrogens with two attached hydrogens (primary N) is 1. The first kappa shape index (κ1) is 11.9. The van der Waals surface area contributed by atoms with E-state index < -0.39 is 0 Å². The van der Waals surface area contributed by atoms with E-state index in [1.165, 1.54) is 29.5 Å². The van der Waals surface area contributed by atoms with Gasteiger partial charge in [-0.3, -0.25) is 0 Å². The Labute approximate surface area is 104 Å². The third kappa shape index (κ3) is 2.55. The SMILES string of the molecule is CCOc1c(N)nsc1N1CCCSCC1. The van der Waals surface area contributed by atoms with E-state index in [4.69, 9.17) is 10.5 Å². The number of anilines is 2. The van der Waals surface area contributed by atoms with E-state index in [2.05, 4.69) is 9.27 Å². The van der Waals surface area contributed by atoms with Gasteiger partial charge in [-0.1, -0.05) is 0 Å². The summed E-state index contributed by atoms with van der Waals surface area (Å²) in [5.74, 6) is 3.72. The number of hydrogen-bond acceptors (Lipinski definition) is 6. The lowest BCUT2D eigenvalue weighted by Crippen LogP contribution is -2.25. The van der Waals surface area contributed by atoms with Crippen LogP contribution in [0.2, 0.25) is 0 Å². The van der Waals surface area contributed by atoms with Gasteiger partial charge < -0.3 is 15.4 Å². The van der Waals surface area contributed by atoms with Gasteiger partial charge in [0.1, 0.15) is 0 Å². The van der Waals surface area contributed by atoms with E-state index in [-0.39, 0.29) is 0 Å². The van der Waals surface area contributed by atoms with Gasteiger partial charge >= 0.3 is 0 Å². The standard InChI is InChI=1S/C10H17N3OS2/c1-2-14-8-9(11)12-16-10(8)13-4-3-6-15-7-5-13/h2-7H2,1H3,(H2,11,12). The maximum atomic E-state index is 5.82. The van der Waals surface area contributed by atoms with Crippen LogP contribution in [0.5, 0.6) is 5.75 Å². The first-order valence-corrected chi connectivity index (χ1v) is 7.46. The lowest BCUT2D eigenvalue weighted by Gasteiger charge is -2.20. The fourth-order valence-electron chi connectivity index (χ4n) is 1.72. The molecule has 0 spiro atoms. The van der Waals surface area contributed by atoms with Crippen molar-refractivity contribution in [2.75, 3.05) is 41.8 Å². The van der Waals surface area contributed by atoms with Crippen LogP contribution in [0.3, 0.4) is 0 Å². The summed E-state index contributed by atoms with van der Waals surface area (Å²) in [6.45, 7) is 4.75. The maximum absolute atomic E-state index is 5.82. The van der Waals surface area contributed by atoms with Gasteiger partial charge in [0.15, 0.2) is 16.6 Å². The lowest BCUT2D eigenvalue weighted by atomic mass is 10.4. The summed E-state index contributed by atoms with van der Waals surface area (Å²) in [4.78, 5) is 2.35. The molecule has 4 nitrogen and oxygen atoms in total. The largest absolute Gasteiger partial charge is 0.487 e. The summed E-state index contributed by atoms with van der Waals surface area (Å²) < 4.78 is 9.76. The topological polar surface area (TPSA) is 51.4 Å². The van der Waals surface area contributed by atoms with Gasteiger partial charge in [-0.05, 0) is 30.6 Å². The third-order valence-corrected chi connectivity index (χ3v) is 4.41. The fourth-order valence-corrected chi connectivity index (χ4v) is 3.41. The van der Waals surface area contributed by atoms with Crippen LogP contribution in [0.1, 0.15) is 13.3 Å². The van der Waals surface area contributed by atoms with Gasteiger partial charge in [0.2, 0.25) is 0 Å². The normalized spacial score (nSPS) is 17.2. The molecule has 1 aliphatic rings. The van der Waals surface area contributed by atoms with E-state index in [0.717, 1.165) is 23.8 Å². The quantitative estimate of drug-likeness (QED) is 0.900. The summed E-state index contributed by atoms with van der Waals surface area (Å²) in [5.41, 5.74) is 5.82. The van der Waals surface area contributed by atoms with Crippen LogP contribution in [0.15, 0.2) is 0 Å². The molecule has 0 atom stereocenters. The molecule has 0 bridgehead atoms. The molecule has 1 aromatic rings. The van der Waals surface area contributed by atoms with Crippen molar-refractivity contribution in [2.45, 2.75) is 13.3 Å². The average Bonchev–Trinajstić information content (AvgIpc) is 2.55. The Morgan fingerprint density at radius 1 is 1.44 bits per heavy atom. The molecule has 1 saturated heterocycles. The number of ether oxygens (including phenoxy) is 1. The molecule has 2 rings (SSSR count). The molecule has 0 aromatic carbocycles. The van der Waals surface area contributed by atoms with Gasteiger partial charge in [0, 0.05) is 18.8 Å². The highest BCUT2D eigenvalue weighted by atomic mass is 32.2. The van der Waals surface area contributed by atoms with Crippen molar-refractivity contribution in [3.63, 3.8) is 0 Å². The Morgan fingerprint density at radius 3 is 3.12 bits per heavy atom. The molecule has 2 N–H and O–H groups in total. The second kappa shape index (κ2) is 5.63. The Hall–Kier alpha value is -0.620. The van der Waals surface area contributed by atoms with E-state index in [1.54, 1.807) is 0 Å². The lowest BCUT2D eigenvalue weighted by molar-refractivity contribution is 0.343. The highest BCUT2D eigenvalue weighted by Crippen LogP contribution is 2.38. The highest BCUT2D eigenvalue weighted by Gasteiger charge is 2.19. The minimum Gasteiger partial charge on any atom is -0.487 e. The maximum Gasteiger partial charge on any atom is 0.197 e. The molecule has 0 unspecified atom stereocenters. The van der Waals surface area contributed by atoms with Gasteiger partial charge in [0.25, 0.3) is 0 Å². The number of nitrogens with zero attached hydrogens (tertiary/aromatic N) is 2. The minimum absolute atomic E-state index is 0.527. The van der Waals surface area contributed by atoms with Crippen molar-refractivity contribution in [3.05, 3.63) is 0 Å². The van der Waals surface area contributed by atoms with Crippen LogP contribution in [-0.2, 0) is 0 Å². The predicted molar refractivity (Wildman–Crippen MR) is 71.9 cm³/mol. The summed E-state index contributed by atoms with van der Waals surface area (Å²) in [5, 5.41) is 1.10. The number of hydrogen-bond donors (Lipinski definition) is 1. The number of thioether (sulfide) groups is 1. The molecule has 90 valence electrons. The zero-order chi connectivity index (χ0) is 11.4. The highest BCUT2D eigenvalue weighted by molar-refractivity contribution is 7.99. The molecule has 0 saturated carbocycles. The van der Waals surface area contributed by atoms with E-state index in [9.17, 15) is 0 Å². The van der Waals surface area contributed by atoms with E-state index in [0.29, 0.717) is 12.4 Å². The third-order valence-electron chi connectivity index (χ3n) is 2.46. The monoisotopic (exact) mass is 259 g/mol. The molecule has 6 heteroatoms. The number of nitrogen functional groups attached to an aromatic ring is 1. The van der Waals surface area contributed by atoms with Gasteiger partial charge in [0.05, 0.1) is 6.61 Å². The predicted octanol–water partition coefficient (Wildman–Crippen LogP) is 2.07. The van der Waals surface area contributed by atoms with Crippen LogP contribution in [0.25, 0.3) is 0 Å². The molecule has 0 aliphatic carbocycles. The Kier molecular flexibility index (Phi) is 4.17. The van der Waals surface area contributed by atoms with Crippen LogP contribution >= 0.6 is 23.3 Å². The molecule has 0 amide bonds. The Balaban J connectivity index is 2.17. The molecular formula is C10H17N3OS2. The van der Waals surface area contributed by atoms with Crippen molar-refractivity contribution in [1.82, 2.24) is 4.37 Å². The van der Waals surface area contributed by atoms with Crippen molar-refractivity contribution in [2.24, 2.45) is 0 Å². The Bertz CT molecular complexity index is 335. The molecular weight excluding hydrogens is 242 g/mol. The van der Waals surface area contributed by atoms with Crippen LogP contribution in [0.4, 0.5) is 10.8 Å². The summed E-state index contributed by atoms with van der Waals surface area (Å²) in [7, 11) is 0. The fraction of sp³-hybridized carbons (Fsp3) is 0.700. The van der Waals surface area contributed by atoms with Crippen molar-refractivity contribution in [3.8, 4) is 5.75 Å². The summed E-state index contributed by atoms with van der Waals surface area (Å²) in [6.07, 6.45) is 1.22. The average molecular weight is 259 g/mol. The molecule has 1 aliphatic heterocycles. The van der Waals surface area contributed by atoms with Crippen LogP contribution in [0, 0.1) is 0 Å². The zero-order valence-corrected chi connectivity index (χ0v) is 11.1. The zero-order valence-electron chi connectivity index (χ0n) is 9.44. The van der Waals surface area contributed by atoms with E-state index >= 15 is 0 Å². The second-order valence-corrected chi connectivity index (χ2v) is 5.56. The van der Waals surface area contributed by atoms with Crippen molar-refractivity contribution >= 4 is 34.1 Å². The van der Waals surface area contributed by atoms with E-state index in [1.807, 2.05) is 18.7 Å². The minimum atomic E-state index is 0.527. The first-order chi connectivity index (χ1) is 7.83. The van der Waals surface area contributed by atoms with Crippen LogP contribution < -0.4 is 15.4 Å². The van der Waals surface area contributed by atoms with Crippen LogP contribution in [-0.4, -0.2) is 35.6 Å². The van der Waals surface area contributed by atoms with Crippen molar-refractivity contribution in [1.29, 1.82) is 0 Å². The Morgan fingerprint density at radius 2 is 2.31 bits per heavy atom. The van der Waals surface area contributed by atoms with Gasteiger partial charge in [-0.2, -0.15) is 16.1 Å². The summed E-state index contributed by atoms with van der Waals surface area (Å²) >= 11 is 3.46.